The molecule has 0 bridgehead atoms. The molecule has 2 saturated heterocycles. The number of rotatable bonds is 3. The first kappa shape index (κ1) is 17.0. The van der Waals surface area contributed by atoms with Crippen molar-refractivity contribution in [1.82, 2.24) is 15.1 Å². The SMILES string of the molecule is O=C(CN1CCc2ccccc2C1)N1C[C@@H]2CNC[C@@H]2[C@H]1c1ccccc1. The summed E-state index contributed by atoms with van der Waals surface area (Å²) in [6, 6.07) is 19.5. The van der Waals surface area contributed by atoms with Gasteiger partial charge in [-0.25, -0.2) is 0 Å². The van der Waals surface area contributed by atoms with Crippen LogP contribution >= 0.6 is 0 Å². The van der Waals surface area contributed by atoms with Crippen molar-refractivity contribution >= 4 is 5.91 Å². The summed E-state index contributed by atoms with van der Waals surface area (Å²) in [5, 5.41) is 3.53. The molecule has 3 atom stereocenters. The van der Waals surface area contributed by atoms with Gasteiger partial charge in [-0.1, -0.05) is 54.6 Å². The van der Waals surface area contributed by atoms with Gasteiger partial charge < -0.3 is 10.2 Å². The molecule has 0 unspecified atom stereocenters. The highest BCUT2D eigenvalue weighted by molar-refractivity contribution is 5.79. The van der Waals surface area contributed by atoms with Gasteiger partial charge in [0.15, 0.2) is 0 Å². The van der Waals surface area contributed by atoms with Gasteiger partial charge in [0.05, 0.1) is 12.6 Å². The highest BCUT2D eigenvalue weighted by atomic mass is 16.2. The van der Waals surface area contributed by atoms with Crippen LogP contribution in [0.15, 0.2) is 54.6 Å². The lowest BCUT2D eigenvalue weighted by Gasteiger charge is -2.33. The maximum atomic E-state index is 13.3. The molecular weight excluding hydrogens is 334 g/mol. The van der Waals surface area contributed by atoms with Crippen molar-refractivity contribution in [3.05, 3.63) is 71.3 Å². The van der Waals surface area contributed by atoms with Gasteiger partial charge in [0.1, 0.15) is 0 Å². The van der Waals surface area contributed by atoms with Crippen LogP contribution in [0.2, 0.25) is 0 Å². The summed E-state index contributed by atoms with van der Waals surface area (Å²) in [5.41, 5.74) is 4.09. The van der Waals surface area contributed by atoms with Crippen LogP contribution in [-0.2, 0) is 17.8 Å². The Kier molecular flexibility index (Phi) is 4.46. The monoisotopic (exact) mass is 361 g/mol. The number of carbonyl (C=O) groups is 1. The molecule has 27 heavy (non-hydrogen) atoms. The maximum absolute atomic E-state index is 13.3. The van der Waals surface area contributed by atoms with E-state index < -0.39 is 0 Å². The number of likely N-dealkylation sites (tertiary alicyclic amines) is 1. The Hall–Kier alpha value is -2.17. The average Bonchev–Trinajstić information content (AvgIpc) is 3.30. The van der Waals surface area contributed by atoms with Crippen LogP contribution < -0.4 is 5.32 Å². The lowest BCUT2D eigenvalue weighted by Crippen LogP contribution is -2.43. The first-order valence-corrected chi connectivity index (χ1v) is 10.1. The zero-order chi connectivity index (χ0) is 18.2. The fourth-order valence-electron chi connectivity index (χ4n) is 5.23. The minimum Gasteiger partial charge on any atom is -0.334 e. The molecule has 140 valence electrons. The molecule has 2 aromatic carbocycles. The zero-order valence-electron chi connectivity index (χ0n) is 15.7. The molecule has 2 fully saturated rings. The van der Waals surface area contributed by atoms with Crippen molar-refractivity contribution in [2.75, 3.05) is 32.7 Å². The molecule has 0 aliphatic carbocycles. The number of nitrogens with zero attached hydrogens (tertiary/aromatic N) is 2. The summed E-state index contributed by atoms with van der Waals surface area (Å²) in [5.74, 6) is 1.41. The molecular formula is C23H27N3O. The van der Waals surface area contributed by atoms with Gasteiger partial charge in [-0.3, -0.25) is 9.69 Å². The van der Waals surface area contributed by atoms with Crippen molar-refractivity contribution in [3.8, 4) is 0 Å². The minimum absolute atomic E-state index is 0.218. The number of hydrogen-bond acceptors (Lipinski definition) is 3. The molecule has 3 aliphatic heterocycles. The molecule has 0 radical (unpaired) electrons. The molecule has 5 rings (SSSR count). The van der Waals surface area contributed by atoms with E-state index in [0.29, 0.717) is 18.4 Å². The van der Waals surface area contributed by atoms with Crippen molar-refractivity contribution < 1.29 is 4.79 Å². The van der Waals surface area contributed by atoms with E-state index in [1.165, 1.54) is 16.7 Å². The molecule has 0 aromatic heterocycles. The summed E-state index contributed by atoms with van der Waals surface area (Å²) >= 11 is 0. The van der Waals surface area contributed by atoms with E-state index in [1.807, 2.05) is 0 Å². The largest absolute Gasteiger partial charge is 0.334 e. The summed E-state index contributed by atoms with van der Waals surface area (Å²) in [4.78, 5) is 17.8. The Morgan fingerprint density at radius 1 is 1.00 bits per heavy atom. The van der Waals surface area contributed by atoms with Gasteiger partial charge in [0, 0.05) is 38.6 Å². The highest BCUT2D eigenvalue weighted by Gasteiger charge is 2.46. The standard InChI is InChI=1S/C23H27N3O/c27-22(16-25-11-10-17-6-4-5-9-19(17)14-25)26-15-20-12-24-13-21(20)23(26)18-7-2-1-3-8-18/h1-9,20-21,23-24H,10-16H2/t20-,21-,23+/m0/s1. The highest BCUT2D eigenvalue weighted by Crippen LogP contribution is 2.42. The molecule has 0 saturated carbocycles. The number of fused-ring (bicyclic) bond motifs is 2. The molecule has 3 heterocycles. The van der Waals surface area contributed by atoms with Gasteiger partial charge >= 0.3 is 0 Å². The van der Waals surface area contributed by atoms with Gasteiger partial charge in [0.25, 0.3) is 0 Å². The Bertz CT molecular complexity index is 821. The molecule has 2 aromatic rings. The van der Waals surface area contributed by atoms with Gasteiger partial charge in [-0.05, 0) is 29.0 Å². The predicted molar refractivity (Wildman–Crippen MR) is 106 cm³/mol. The van der Waals surface area contributed by atoms with Crippen molar-refractivity contribution in [3.63, 3.8) is 0 Å². The van der Waals surface area contributed by atoms with E-state index >= 15 is 0 Å². The third kappa shape index (κ3) is 3.17. The van der Waals surface area contributed by atoms with E-state index in [0.717, 1.165) is 39.1 Å². The van der Waals surface area contributed by atoms with Crippen molar-refractivity contribution in [2.24, 2.45) is 11.8 Å². The fourth-order valence-corrected chi connectivity index (χ4v) is 5.23. The maximum Gasteiger partial charge on any atom is 0.237 e. The third-order valence-electron chi connectivity index (χ3n) is 6.59. The summed E-state index contributed by atoms with van der Waals surface area (Å²) < 4.78 is 0. The van der Waals surface area contributed by atoms with Crippen LogP contribution in [0.5, 0.6) is 0 Å². The minimum atomic E-state index is 0.218. The van der Waals surface area contributed by atoms with Crippen molar-refractivity contribution in [2.45, 2.75) is 19.0 Å². The number of amides is 1. The Morgan fingerprint density at radius 2 is 1.78 bits per heavy atom. The lowest BCUT2D eigenvalue weighted by atomic mass is 9.89. The molecule has 1 amide bonds. The fraction of sp³-hybridized carbons (Fsp3) is 0.435. The normalized spacial score (nSPS) is 27.4. The second kappa shape index (κ2) is 7.10. The molecule has 0 spiro atoms. The van der Waals surface area contributed by atoms with E-state index in [2.05, 4.69) is 69.7 Å². The van der Waals surface area contributed by atoms with Gasteiger partial charge in [0.2, 0.25) is 5.91 Å². The van der Waals surface area contributed by atoms with Crippen LogP contribution in [0.1, 0.15) is 22.7 Å². The number of carbonyl (C=O) groups excluding carboxylic acids is 1. The summed E-state index contributed by atoms with van der Waals surface area (Å²) in [6.45, 7) is 5.34. The van der Waals surface area contributed by atoms with E-state index in [1.54, 1.807) is 0 Å². The second-order valence-electron chi connectivity index (χ2n) is 8.21. The van der Waals surface area contributed by atoms with Crippen LogP contribution in [0.3, 0.4) is 0 Å². The quantitative estimate of drug-likeness (QED) is 0.912. The number of nitrogens with one attached hydrogen (secondary N) is 1. The Balaban J connectivity index is 1.33. The Morgan fingerprint density at radius 3 is 2.63 bits per heavy atom. The van der Waals surface area contributed by atoms with Crippen LogP contribution in [0.4, 0.5) is 0 Å². The molecule has 4 heteroatoms. The van der Waals surface area contributed by atoms with E-state index in [-0.39, 0.29) is 11.9 Å². The Labute approximate surface area is 161 Å². The topological polar surface area (TPSA) is 35.6 Å². The van der Waals surface area contributed by atoms with E-state index in [4.69, 9.17) is 0 Å². The molecule has 1 N–H and O–H groups in total. The molecule has 4 nitrogen and oxygen atoms in total. The van der Waals surface area contributed by atoms with E-state index in [9.17, 15) is 4.79 Å². The van der Waals surface area contributed by atoms with Gasteiger partial charge in [-0.15, -0.1) is 0 Å². The summed E-state index contributed by atoms with van der Waals surface area (Å²) in [7, 11) is 0. The predicted octanol–water partition coefficient (Wildman–Crippen LogP) is 2.46. The smallest absolute Gasteiger partial charge is 0.237 e. The van der Waals surface area contributed by atoms with Crippen LogP contribution in [-0.4, -0.2) is 48.4 Å². The average molecular weight is 361 g/mol. The first-order chi connectivity index (χ1) is 13.3. The van der Waals surface area contributed by atoms with Crippen LogP contribution in [0, 0.1) is 11.8 Å². The van der Waals surface area contributed by atoms with Gasteiger partial charge in [-0.2, -0.15) is 0 Å². The lowest BCUT2D eigenvalue weighted by molar-refractivity contribution is -0.134. The molecule has 3 aliphatic rings. The van der Waals surface area contributed by atoms with Crippen LogP contribution in [0.25, 0.3) is 0 Å². The zero-order valence-corrected chi connectivity index (χ0v) is 15.7. The third-order valence-corrected chi connectivity index (χ3v) is 6.59. The number of hydrogen-bond donors (Lipinski definition) is 1. The first-order valence-electron chi connectivity index (χ1n) is 10.1. The van der Waals surface area contributed by atoms with Crippen molar-refractivity contribution in [1.29, 1.82) is 0 Å². The number of benzene rings is 2. The second-order valence-corrected chi connectivity index (χ2v) is 8.21. The summed E-state index contributed by atoms with van der Waals surface area (Å²) in [6.07, 6.45) is 1.04.